The van der Waals surface area contributed by atoms with Gasteiger partial charge >= 0.3 is 0 Å². The number of benzene rings is 2. The lowest BCUT2D eigenvalue weighted by molar-refractivity contribution is -0.113. The van der Waals surface area contributed by atoms with E-state index < -0.39 is 0 Å². The monoisotopic (exact) mass is 454 g/mol. The van der Waals surface area contributed by atoms with Crippen LogP contribution < -0.4 is 10.1 Å². The number of anilines is 1. The lowest BCUT2D eigenvalue weighted by atomic mass is 10.3. The van der Waals surface area contributed by atoms with Gasteiger partial charge in [0.15, 0.2) is 10.9 Å². The minimum Gasteiger partial charge on any atom is -0.492 e. The Kier molecular flexibility index (Phi) is 6.59. The van der Waals surface area contributed by atoms with Crippen molar-refractivity contribution in [3.05, 3.63) is 71.9 Å². The minimum atomic E-state index is -0.203. The van der Waals surface area contributed by atoms with Crippen molar-refractivity contribution in [3.8, 4) is 23.0 Å². The smallest absolute Gasteiger partial charge is 0.234 e. The highest BCUT2D eigenvalue weighted by Crippen LogP contribution is 2.33. The Morgan fingerprint density at radius 3 is 2.71 bits per heavy atom. The molecule has 1 amide bonds. The molecule has 4 rings (SSSR count). The van der Waals surface area contributed by atoms with Crippen LogP contribution >= 0.6 is 23.4 Å². The second kappa shape index (κ2) is 9.72. The second-order valence-corrected chi connectivity index (χ2v) is 7.69. The third kappa shape index (κ3) is 4.76. The van der Waals surface area contributed by atoms with Gasteiger partial charge in [-0.3, -0.25) is 9.36 Å². The molecule has 4 aromatic rings. The third-order valence-electron chi connectivity index (χ3n) is 4.26. The van der Waals surface area contributed by atoms with Crippen molar-refractivity contribution in [1.29, 1.82) is 0 Å². The molecule has 0 saturated heterocycles. The van der Waals surface area contributed by atoms with Crippen molar-refractivity contribution < 1.29 is 13.9 Å². The number of carbonyl (C=O) groups excluding carboxylic acids is 1. The molecular formula is C22H19ClN4O3S. The summed E-state index contributed by atoms with van der Waals surface area (Å²) in [7, 11) is 0. The maximum atomic E-state index is 12.5. The number of hydrogen-bond donors (Lipinski definition) is 1. The SMILES string of the molecule is CCOc1ccccc1-n1c(SCC(=O)Nc2ccccc2Cl)nnc1-c1ccco1. The van der Waals surface area contributed by atoms with Crippen LogP contribution in [-0.2, 0) is 4.79 Å². The predicted molar refractivity (Wildman–Crippen MR) is 121 cm³/mol. The number of thioether (sulfide) groups is 1. The number of aromatic nitrogens is 3. The van der Waals surface area contributed by atoms with Crippen molar-refractivity contribution >= 4 is 35.0 Å². The molecular weight excluding hydrogens is 436 g/mol. The number of carbonyl (C=O) groups is 1. The van der Waals surface area contributed by atoms with E-state index in [0.29, 0.717) is 39.8 Å². The fraction of sp³-hybridized carbons (Fsp3) is 0.136. The van der Waals surface area contributed by atoms with E-state index >= 15 is 0 Å². The fourth-order valence-electron chi connectivity index (χ4n) is 2.94. The first-order valence-corrected chi connectivity index (χ1v) is 10.9. The van der Waals surface area contributed by atoms with E-state index in [0.717, 1.165) is 5.69 Å². The van der Waals surface area contributed by atoms with Gasteiger partial charge < -0.3 is 14.5 Å². The molecule has 0 fully saturated rings. The van der Waals surface area contributed by atoms with Crippen LogP contribution in [0.5, 0.6) is 5.75 Å². The average molecular weight is 455 g/mol. The molecule has 0 unspecified atom stereocenters. The van der Waals surface area contributed by atoms with Crippen LogP contribution in [0.1, 0.15) is 6.92 Å². The molecule has 0 spiro atoms. The Bertz CT molecular complexity index is 1180. The van der Waals surface area contributed by atoms with Gasteiger partial charge in [0.05, 0.1) is 35.0 Å². The van der Waals surface area contributed by atoms with Crippen molar-refractivity contribution in [1.82, 2.24) is 14.8 Å². The van der Waals surface area contributed by atoms with E-state index in [4.69, 9.17) is 20.8 Å². The van der Waals surface area contributed by atoms with Gasteiger partial charge in [-0.25, -0.2) is 0 Å². The van der Waals surface area contributed by atoms with E-state index in [1.807, 2.05) is 47.9 Å². The highest BCUT2D eigenvalue weighted by atomic mass is 35.5. The molecule has 9 heteroatoms. The van der Waals surface area contributed by atoms with Crippen LogP contribution in [0, 0.1) is 0 Å². The third-order valence-corrected chi connectivity index (χ3v) is 5.52. The topological polar surface area (TPSA) is 82.2 Å². The predicted octanol–water partition coefficient (Wildman–Crippen LogP) is 5.31. The molecule has 7 nitrogen and oxygen atoms in total. The summed E-state index contributed by atoms with van der Waals surface area (Å²) >= 11 is 7.38. The van der Waals surface area contributed by atoms with Gasteiger partial charge in [-0.05, 0) is 43.3 Å². The molecule has 0 aliphatic carbocycles. The highest BCUT2D eigenvalue weighted by Gasteiger charge is 2.21. The molecule has 2 aromatic heterocycles. The number of ether oxygens (including phenoxy) is 1. The summed E-state index contributed by atoms with van der Waals surface area (Å²) in [6, 6.07) is 18.3. The minimum absolute atomic E-state index is 0.123. The molecule has 0 radical (unpaired) electrons. The van der Waals surface area contributed by atoms with Crippen molar-refractivity contribution in [2.45, 2.75) is 12.1 Å². The molecule has 0 atom stereocenters. The van der Waals surface area contributed by atoms with Gasteiger partial charge in [-0.15, -0.1) is 10.2 Å². The van der Waals surface area contributed by atoms with Crippen molar-refractivity contribution in [2.24, 2.45) is 0 Å². The van der Waals surface area contributed by atoms with Crippen LogP contribution in [0.4, 0.5) is 5.69 Å². The van der Waals surface area contributed by atoms with Gasteiger partial charge in [0.1, 0.15) is 5.75 Å². The quantitative estimate of drug-likeness (QED) is 0.363. The van der Waals surface area contributed by atoms with Crippen LogP contribution in [0.3, 0.4) is 0 Å². The van der Waals surface area contributed by atoms with E-state index in [-0.39, 0.29) is 11.7 Å². The highest BCUT2D eigenvalue weighted by molar-refractivity contribution is 7.99. The average Bonchev–Trinajstić information content (AvgIpc) is 3.44. The lowest BCUT2D eigenvalue weighted by Gasteiger charge is -2.14. The number of nitrogens with one attached hydrogen (secondary N) is 1. The van der Waals surface area contributed by atoms with E-state index in [1.54, 1.807) is 30.5 Å². The number of amides is 1. The Labute approximate surface area is 188 Å². The summed E-state index contributed by atoms with van der Waals surface area (Å²) in [4.78, 5) is 12.5. The van der Waals surface area contributed by atoms with Crippen LogP contribution in [0.25, 0.3) is 17.3 Å². The van der Waals surface area contributed by atoms with Crippen molar-refractivity contribution in [3.63, 3.8) is 0 Å². The Morgan fingerprint density at radius 1 is 1.13 bits per heavy atom. The van der Waals surface area contributed by atoms with Gasteiger partial charge in [-0.1, -0.05) is 47.6 Å². The van der Waals surface area contributed by atoms with Gasteiger partial charge in [0.2, 0.25) is 11.7 Å². The zero-order chi connectivity index (χ0) is 21.6. The number of halogens is 1. The Hall–Kier alpha value is -3.23. The van der Waals surface area contributed by atoms with E-state index in [2.05, 4.69) is 15.5 Å². The summed E-state index contributed by atoms with van der Waals surface area (Å²) in [6.07, 6.45) is 1.58. The number of furan rings is 1. The summed E-state index contributed by atoms with van der Waals surface area (Å²) in [5, 5.41) is 12.4. The first kappa shape index (κ1) is 21.0. The normalized spacial score (nSPS) is 10.8. The molecule has 158 valence electrons. The zero-order valence-corrected chi connectivity index (χ0v) is 18.2. The van der Waals surface area contributed by atoms with Gasteiger partial charge in [0.25, 0.3) is 0 Å². The molecule has 0 aliphatic rings. The van der Waals surface area contributed by atoms with E-state index in [1.165, 1.54) is 11.8 Å². The zero-order valence-electron chi connectivity index (χ0n) is 16.6. The Morgan fingerprint density at radius 2 is 1.94 bits per heavy atom. The van der Waals surface area contributed by atoms with Crippen LogP contribution in [0.2, 0.25) is 5.02 Å². The molecule has 2 heterocycles. The number of hydrogen-bond acceptors (Lipinski definition) is 6. The summed E-state index contributed by atoms with van der Waals surface area (Å²) in [6.45, 7) is 2.43. The van der Waals surface area contributed by atoms with Crippen LogP contribution in [0.15, 0.2) is 76.5 Å². The summed E-state index contributed by atoms with van der Waals surface area (Å²) < 4.78 is 13.2. The van der Waals surface area contributed by atoms with Gasteiger partial charge in [-0.2, -0.15) is 0 Å². The maximum Gasteiger partial charge on any atom is 0.234 e. The Balaban J connectivity index is 1.63. The fourth-order valence-corrected chi connectivity index (χ4v) is 3.87. The number of nitrogens with zero attached hydrogens (tertiary/aromatic N) is 3. The lowest BCUT2D eigenvalue weighted by Crippen LogP contribution is -2.15. The van der Waals surface area contributed by atoms with Crippen LogP contribution in [-0.4, -0.2) is 33.0 Å². The number of para-hydroxylation sites is 3. The molecule has 0 saturated carbocycles. The molecule has 1 N–H and O–H groups in total. The van der Waals surface area contributed by atoms with Gasteiger partial charge in [0, 0.05) is 0 Å². The molecule has 2 aromatic carbocycles. The first-order valence-electron chi connectivity index (χ1n) is 9.56. The maximum absolute atomic E-state index is 12.5. The molecule has 0 aliphatic heterocycles. The summed E-state index contributed by atoms with van der Waals surface area (Å²) in [5.74, 6) is 1.68. The number of rotatable bonds is 8. The second-order valence-electron chi connectivity index (χ2n) is 6.34. The molecule has 0 bridgehead atoms. The van der Waals surface area contributed by atoms with E-state index in [9.17, 15) is 4.79 Å². The first-order chi connectivity index (χ1) is 15.2. The molecule has 31 heavy (non-hydrogen) atoms. The standard InChI is InChI=1S/C22H19ClN4O3S/c1-2-29-18-11-6-5-10-17(18)27-21(19-12-7-13-30-19)25-26-22(27)31-14-20(28)24-16-9-4-3-8-15(16)23/h3-13H,2,14H2,1H3,(H,24,28). The summed E-state index contributed by atoms with van der Waals surface area (Å²) in [5.41, 5.74) is 1.32. The largest absolute Gasteiger partial charge is 0.492 e. The van der Waals surface area contributed by atoms with Crippen molar-refractivity contribution in [2.75, 3.05) is 17.7 Å².